The molecule has 1 nitrogen and oxygen atoms in total. The first kappa shape index (κ1) is 12.5. The SMILES string of the molecule is Cc1ccc(F)c([C@H](N)C2CCCCC2)c1F. The first-order valence-corrected chi connectivity index (χ1v) is 6.31. The molecular formula is C14H19F2N. The standard InChI is InChI=1S/C14H19F2N/c1-9-7-8-11(15)12(13(9)16)14(17)10-5-3-2-4-6-10/h7-8,10,14H,2-6,17H2,1H3/t14-/m1/s1. The van der Waals surface area contributed by atoms with Crippen LogP contribution in [0, 0.1) is 24.5 Å². The van der Waals surface area contributed by atoms with Crippen molar-refractivity contribution in [3.8, 4) is 0 Å². The van der Waals surface area contributed by atoms with Gasteiger partial charge < -0.3 is 5.73 Å². The molecule has 1 aliphatic rings. The Balaban J connectivity index is 2.29. The van der Waals surface area contributed by atoms with Gasteiger partial charge in [-0.3, -0.25) is 0 Å². The van der Waals surface area contributed by atoms with E-state index in [1.807, 2.05) is 0 Å². The summed E-state index contributed by atoms with van der Waals surface area (Å²) in [4.78, 5) is 0. The third-order valence-corrected chi connectivity index (χ3v) is 3.81. The second-order valence-corrected chi connectivity index (χ2v) is 5.02. The summed E-state index contributed by atoms with van der Waals surface area (Å²) in [5, 5.41) is 0. The Bertz CT molecular complexity index is 397. The average Bonchev–Trinajstić information content (AvgIpc) is 2.35. The monoisotopic (exact) mass is 239 g/mol. The highest BCUT2D eigenvalue weighted by molar-refractivity contribution is 5.29. The van der Waals surface area contributed by atoms with Gasteiger partial charge in [0.15, 0.2) is 0 Å². The van der Waals surface area contributed by atoms with Gasteiger partial charge in [0.25, 0.3) is 0 Å². The lowest BCUT2D eigenvalue weighted by atomic mass is 9.81. The molecule has 3 heteroatoms. The Morgan fingerprint density at radius 2 is 1.82 bits per heavy atom. The highest BCUT2D eigenvalue weighted by Gasteiger charge is 2.27. The minimum absolute atomic E-state index is 0.0805. The molecule has 2 N–H and O–H groups in total. The first-order valence-electron chi connectivity index (χ1n) is 6.31. The molecular weight excluding hydrogens is 220 g/mol. The van der Waals surface area contributed by atoms with Crippen molar-refractivity contribution in [2.75, 3.05) is 0 Å². The molecule has 0 saturated heterocycles. The van der Waals surface area contributed by atoms with E-state index in [1.54, 1.807) is 6.92 Å². The van der Waals surface area contributed by atoms with Gasteiger partial charge in [0, 0.05) is 11.6 Å². The fraction of sp³-hybridized carbons (Fsp3) is 0.571. The van der Waals surface area contributed by atoms with E-state index in [0.29, 0.717) is 5.56 Å². The van der Waals surface area contributed by atoms with Crippen LogP contribution in [0.25, 0.3) is 0 Å². The van der Waals surface area contributed by atoms with Gasteiger partial charge in [0.1, 0.15) is 11.6 Å². The van der Waals surface area contributed by atoms with Crippen molar-refractivity contribution >= 4 is 0 Å². The predicted octanol–water partition coefficient (Wildman–Crippen LogP) is 3.85. The second kappa shape index (κ2) is 5.13. The summed E-state index contributed by atoms with van der Waals surface area (Å²) in [7, 11) is 0. The smallest absolute Gasteiger partial charge is 0.133 e. The molecule has 0 spiro atoms. The van der Waals surface area contributed by atoms with E-state index in [0.717, 1.165) is 25.7 Å². The number of halogens is 2. The Labute approximate surface area is 101 Å². The number of aryl methyl sites for hydroxylation is 1. The predicted molar refractivity (Wildman–Crippen MR) is 64.6 cm³/mol. The lowest BCUT2D eigenvalue weighted by molar-refractivity contribution is 0.298. The third kappa shape index (κ3) is 2.49. The number of hydrogen-bond acceptors (Lipinski definition) is 1. The topological polar surface area (TPSA) is 26.0 Å². The van der Waals surface area contributed by atoms with Gasteiger partial charge in [-0.05, 0) is 37.3 Å². The molecule has 0 aliphatic heterocycles. The minimum Gasteiger partial charge on any atom is -0.324 e. The van der Waals surface area contributed by atoms with Gasteiger partial charge in [-0.25, -0.2) is 8.78 Å². The largest absolute Gasteiger partial charge is 0.324 e. The Morgan fingerprint density at radius 1 is 1.18 bits per heavy atom. The lowest BCUT2D eigenvalue weighted by Crippen LogP contribution is -2.25. The molecule has 1 aliphatic carbocycles. The zero-order valence-corrected chi connectivity index (χ0v) is 10.2. The molecule has 1 aromatic carbocycles. The van der Waals surface area contributed by atoms with Crippen molar-refractivity contribution in [3.05, 3.63) is 34.9 Å². The van der Waals surface area contributed by atoms with Crippen molar-refractivity contribution in [2.24, 2.45) is 11.7 Å². The van der Waals surface area contributed by atoms with Crippen LogP contribution >= 0.6 is 0 Å². The maximum Gasteiger partial charge on any atom is 0.133 e. The van der Waals surface area contributed by atoms with Gasteiger partial charge >= 0.3 is 0 Å². The molecule has 1 atom stereocenters. The van der Waals surface area contributed by atoms with Crippen molar-refractivity contribution in [3.63, 3.8) is 0 Å². The molecule has 94 valence electrons. The molecule has 0 radical (unpaired) electrons. The molecule has 0 bridgehead atoms. The van der Waals surface area contributed by atoms with Crippen molar-refractivity contribution in [1.29, 1.82) is 0 Å². The third-order valence-electron chi connectivity index (χ3n) is 3.81. The Hall–Kier alpha value is -0.960. The zero-order chi connectivity index (χ0) is 12.4. The van der Waals surface area contributed by atoms with Crippen molar-refractivity contribution < 1.29 is 8.78 Å². The van der Waals surface area contributed by atoms with Crippen LogP contribution in [-0.2, 0) is 0 Å². The molecule has 1 aromatic rings. The number of benzene rings is 1. The molecule has 0 aromatic heterocycles. The zero-order valence-electron chi connectivity index (χ0n) is 10.2. The van der Waals surface area contributed by atoms with Gasteiger partial charge in [-0.2, -0.15) is 0 Å². The second-order valence-electron chi connectivity index (χ2n) is 5.02. The maximum absolute atomic E-state index is 13.9. The van der Waals surface area contributed by atoms with E-state index in [9.17, 15) is 8.78 Å². The summed E-state index contributed by atoms with van der Waals surface area (Å²) in [5.41, 5.74) is 6.61. The van der Waals surface area contributed by atoms with E-state index >= 15 is 0 Å². The van der Waals surface area contributed by atoms with Gasteiger partial charge in [0.05, 0.1) is 0 Å². The number of nitrogens with two attached hydrogens (primary N) is 1. The normalized spacial score (nSPS) is 19.3. The summed E-state index contributed by atoms with van der Waals surface area (Å²) in [5.74, 6) is -0.760. The van der Waals surface area contributed by atoms with Crippen LogP contribution < -0.4 is 5.73 Å². The number of hydrogen-bond donors (Lipinski definition) is 1. The maximum atomic E-state index is 13.9. The van der Waals surface area contributed by atoms with E-state index in [1.165, 1.54) is 18.6 Å². The first-order chi connectivity index (χ1) is 8.11. The highest BCUT2D eigenvalue weighted by Crippen LogP contribution is 2.35. The molecule has 0 heterocycles. The highest BCUT2D eigenvalue weighted by atomic mass is 19.1. The molecule has 0 unspecified atom stereocenters. The van der Waals surface area contributed by atoms with Crippen molar-refractivity contribution in [2.45, 2.75) is 45.1 Å². The quantitative estimate of drug-likeness (QED) is 0.833. The summed E-state index contributed by atoms with van der Waals surface area (Å²) in [6.45, 7) is 1.64. The van der Waals surface area contributed by atoms with E-state index in [2.05, 4.69) is 0 Å². The van der Waals surface area contributed by atoms with Crippen LogP contribution in [0.5, 0.6) is 0 Å². The summed E-state index contributed by atoms with van der Waals surface area (Å²) in [6, 6.07) is 2.27. The molecule has 1 fully saturated rings. The van der Waals surface area contributed by atoms with Gasteiger partial charge in [0.2, 0.25) is 0 Å². The Morgan fingerprint density at radius 3 is 2.47 bits per heavy atom. The average molecular weight is 239 g/mol. The van der Waals surface area contributed by atoms with E-state index < -0.39 is 17.7 Å². The minimum atomic E-state index is -0.508. The van der Waals surface area contributed by atoms with Gasteiger partial charge in [-0.15, -0.1) is 0 Å². The molecule has 2 rings (SSSR count). The fourth-order valence-corrected chi connectivity index (χ4v) is 2.71. The van der Waals surface area contributed by atoms with Crippen LogP contribution in [0.2, 0.25) is 0 Å². The van der Waals surface area contributed by atoms with Crippen LogP contribution in [0.3, 0.4) is 0 Å². The summed E-state index contributed by atoms with van der Waals surface area (Å²) >= 11 is 0. The number of rotatable bonds is 2. The molecule has 17 heavy (non-hydrogen) atoms. The van der Waals surface area contributed by atoms with Gasteiger partial charge in [-0.1, -0.05) is 25.3 Å². The summed E-state index contributed by atoms with van der Waals surface area (Å²) in [6.07, 6.45) is 5.41. The van der Waals surface area contributed by atoms with E-state index in [-0.39, 0.29) is 11.5 Å². The van der Waals surface area contributed by atoms with Crippen LogP contribution in [0.1, 0.15) is 49.3 Å². The van der Waals surface area contributed by atoms with Crippen LogP contribution in [0.4, 0.5) is 8.78 Å². The lowest BCUT2D eigenvalue weighted by Gasteiger charge is -2.28. The summed E-state index contributed by atoms with van der Waals surface area (Å²) < 4.78 is 27.7. The molecule has 0 amide bonds. The Kier molecular flexibility index (Phi) is 3.77. The van der Waals surface area contributed by atoms with E-state index in [4.69, 9.17) is 5.73 Å². The van der Waals surface area contributed by atoms with Crippen LogP contribution in [0.15, 0.2) is 12.1 Å². The van der Waals surface area contributed by atoms with Crippen molar-refractivity contribution in [1.82, 2.24) is 0 Å². The molecule has 1 saturated carbocycles. The van der Waals surface area contributed by atoms with Crippen LogP contribution in [-0.4, -0.2) is 0 Å². The fourth-order valence-electron chi connectivity index (χ4n) is 2.71.